The quantitative estimate of drug-likeness (QED) is 0.757. The summed E-state index contributed by atoms with van der Waals surface area (Å²) in [4.78, 5) is 11.0. The van der Waals surface area contributed by atoms with Crippen molar-refractivity contribution in [3.05, 3.63) is 47.9 Å². The number of hydrogen-bond donors (Lipinski definition) is 3. The molecule has 1 aromatic carbocycles. The highest BCUT2D eigenvalue weighted by Crippen LogP contribution is 2.35. The molecular weight excluding hydrogens is 232 g/mol. The number of fused-ring (bicyclic) bond motifs is 1. The number of anilines is 2. The fourth-order valence-electron chi connectivity index (χ4n) is 2.11. The molecule has 1 aliphatic heterocycles. The zero-order chi connectivity index (χ0) is 12.5. The van der Waals surface area contributed by atoms with Gasteiger partial charge in [-0.2, -0.15) is 0 Å². The van der Waals surface area contributed by atoms with Crippen molar-refractivity contribution in [2.45, 2.75) is 6.04 Å². The minimum atomic E-state index is -1.07. The van der Waals surface area contributed by atoms with Gasteiger partial charge in [-0.25, -0.2) is 4.79 Å². The first-order chi connectivity index (χ1) is 8.75. The normalized spacial score (nSPS) is 17.4. The lowest BCUT2D eigenvalue weighted by Gasteiger charge is -2.26. The highest BCUT2D eigenvalue weighted by atomic mass is 16.4. The summed E-state index contributed by atoms with van der Waals surface area (Å²) in [5, 5.41) is 15.4. The Bertz CT molecular complexity index is 577. The molecule has 0 saturated carbocycles. The van der Waals surface area contributed by atoms with Crippen molar-refractivity contribution in [1.82, 2.24) is 0 Å². The Labute approximate surface area is 103 Å². The predicted molar refractivity (Wildman–Crippen MR) is 67.0 cm³/mol. The van der Waals surface area contributed by atoms with Crippen molar-refractivity contribution in [2.75, 3.05) is 17.2 Å². The minimum absolute atomic E-state index is 0.0365. The van der Waals surface area contributed by atoms with E-state index in [9.17, 15) is 4.79 Å². The third-order valence-corrected chi connectivity index (χ3v) is 3.00. The monoisotopic (exact) mass is 244 g/mol. The molecule has 1 aromatic heterocycles. The van der Waals surface area contributed by atoms with Gasteiger partial charge in [0.25, 0.3) is 0 Å². The number of carbonyl (C=O) groups is 1. The van der Waals surface area contributed by atoms with E-state index in [-0.39, 0.29) is 11.8 Å². The molecule has 3 rings (SSSR count). The highest BCUT2D eigenvalue weighted by Gasteiger charge is 2.26. The molecule has 5 nitrogen and oxygen atoms in total. The molecule has 1 atom stereocenters. The van der Waals surface area contributed by atoms with E-state index in [1.165, 1.54) is 6.26 Å². The molecule has 1 unspecified atom stereocenters. The standard InChI is InChI=1S/C13H12N2O3/c16-13(17)12-11-10(7-18-12)14-6-9(15-11)8-4-2-1-3-5-8/h1-5,7,9,14-15H,6H2,(H,16,17). The smallest absolute Gasteiger partial charge is 0.374 e. The number of benzene rings is 1. The van der Waals surface area contributed by atoms with E-state index in [4.69, 9.17) is 9.52 Å². The van der Waals surface area contributed by atoms with Crippen LogP contribution < -0.4 is 10.6 Å². The van der Waals surface area contributed by atoms with Gasteiger partial charge in [-0.15, -0.1) is 0 Å². The Kier molecular flexibility index (Phi) is 2.44. The van der Waals surface area contributed by atoms with Crippen LogP contribution in [0.5, 0.6) is 0 Å². The van der Waals surface area contributed by atoms with Gasteiger partial charge >= 0.3 is 5.97 Å². The number of hydrogen-bond acceptors (Lipinski definition) is 4. The Morgan fingerprint density at radius 3 is 2.83 bits per heavy atom. The number of furan rings is 1. The fraction of sp³-hybridized carbons (Fsp3) is 0.154. The minimum Gasteiger partial charge on any atom is -0.475 e. The Hall–Kier alpha value is -2.43. The molecule has 0 radical (unpaired) electrons. The molecule has 2 heterocycles. The topological polar surface area (TPSA) is 74.5 Å². The van der Waals surface area contributed by atoms with Gasteiger partial charge in [0, 0.05) is 6.54 Å². The lowest BCUT2D eigenvalue weighted by Crippen LogP contribution is -2.25. The van der Waals surface area contributed by atoms with Gasteiger partial charge in [-0.1, -0.05) is 30.3 Å². The van der Waals surface area contributed by atoms with E-state index in [1.807, 2.05) is 30.3 Å². The molecule has 2 aromatic rings. The molecule has 0 spiro atoms. The van der Waals surface area contributed by atoms with E-state index in [1.54, 1.807) is 0 Å². The second-order valence-corrected chi connectivity index (χ2v) is 4.15. The summed E-state index contributed by atoms with van der Waals surface area (Å²) in [6.45, 7) is 0.690. The lowest BCUT2D eigenvalue weighted by molar-refractivity contribution is 0.0664. The molecule has 92 valence electrons. The van der Waals surface area contributed by atoms with Gasteiger partial charge in [0.1, 0.15) is 12.0 Å². The van der Waals surface area contributed by atoms with Gasteiger partial charge in [-0.3, -0.25) is 0 Å². The zero-order valence-electron chi connectivity index (χ0n) is 9.51. The third kappa shape index (κ3) is 1.69. The average molecular weight is 244 g/mol. The molecule has 0 bridgehead atoms. The number of aromatic carboxylic acids is 1. The van der Waals surface area contributed by atoms with Gasteiger partial charge in [0.15, 0.2) is 0 Å². The molecule has 5 heteroatoms. The average Bonchev–Trinajstić information content (AvgIpc) is 2.82. The summed E-state index contributed by atoms with van der Waals surface area (Å²) in [5.41, 5.74) is 2.32. The summed E-state index contributed by atoms with van der Waals surface area (Å²) in [7, 11) is 0. The molecule has 0 saturated heterocycles. The van der Waals surface area contributed by atoms with E-state index in [2.05, 4.69) is 10.6 Å². The highest BCUT2D eigenvalue weighted by molar-refractivity contribution is 5.95. The summed E-state index contributed by atoms with van der Waals surface area (Å²) < 4.78 is 5.04. The molecular formula is C13H12N2O3. The van der Waals surface area contributed by atoms with Crippen LogP contribution in [0, 0.1) is 0 Å². The molecule has 1 aliphatic rings. The molecule has 0 aliphatic carbocycles. The Morgan fingerprint density at radius 2 is 2.11 bits per heavy atom. The van der Waals surface area contributed by atoms with E-state index >= 15 is 0 Å². The largest absolute Gasteiger partial charge is 0.475 e. The zero-order valence-corrected chi connectivity index (χ0v) is 9.51. The van der Waals surface area contributed by atoms with Crippen molar-refractivity contribution in [2.24, 2.45) is 0 Å². The van der Waals surface area contributed by atoms with Crippen LogP contribution in [-0.4, -0.2) is 17.6 Å². The number of carboxylic acid groups (broad SMARTS) is 1. The van der Waals surface area contributed by atoms with Gasteiger partial charge in [-0.05, 0) is 5.56 Å². The van der Waals surface area contributed by atoms with Crippen molar-refractivity contribution in [3.63, 3.8) is 0 Å². The van der Waals surface area contributed by atoms with Crippen molar-refractivity contribution >= 4 is 17.3 Å². The molecule has 18 heavy (non-hydrogen) atoms. The number of nitrogens with one attached hydrogen (secondary N) is 2. The van der Waals surface area contributed by atoms with Gasteiger partial charge < -0.3 is 20.2 Å². The molecule has 3 N–H and O–H groups in total. The van der Waals surface area contributed by atoms with Crippen molar-refractivity contribution in [3.8, 4) is 0 Å². The summed E-state index contributed by atoms with van der Waals surface area (Å²) >= 11 is 0. The lowest BCUT2D eigenvalue weighted by atomic mass is 10.0. The summed E-state index contributed by atoms with van der Waals surface area (Å²) in [6, 6.07) is 9.91. The van der Waals surface area contributed by atoms with E-state index < -0.39 is 5.97 Å². The first-order valence-corrected chi connectivity index (χ1v) is 5.66. The van der Waals surface area contributed by atoms with Crippen LogP contribution in [0.25, 0.3) is 0 Å². The number of rotatable bonds is 2. The molecule has 0 amide bonds. The van der Waals surface area contributed by atoms with E-state index in [0.29, 0.717) is 17.9 Å². The van der Waals surface area contributed by atoms with Crippen LogP contribution in [0.2, 0.25) is 0 Å². The first kappa shape index (κ1) is 10.7. The van der Waals surface area contributed by atoms with Crippen LogP contribution in [0.3, 0.4) is 0 Å². The van der Waals surface area contributed by atoms with Crippen molar-refractivity contribution in [1.29, 1.82) is 0 Å². The SMILES string of the molecule is O=C(O)c1occ2c1NC(c1ccccc1)CN2. The molecule has 0 fully saturated rings. The maximum atomic E-state index is 11.0. The summed E-state index contributed by atoms with van der Waals surface area (Å²) in [6.07, 6.45) is 1.42. The number of carboxylic acids is 1. The fourth-order valence-corrected chi connectivity index (χ4v) is 2.11. The first-order valence-electron chi connectivity index (χ1n) is 5.66. The predicted octanol–water partition coefficient (Wildman–Crippen LogP) is 2.56. The second-order valence-electron chi connectivity index (χ2n) is 4.15. The van der Waals surface area contributed by atoms with Crippen LogP contribution >= 0.6 is 0 Å². The maximum Gasteiger partial charge on any atom is 0.374 e. The van der Waals surface area contributed by atoms with Gasteiger partial charge in [0.2, 0.25) is 5.76 Å². The Balaban J connectivity index is 1.93. The van der Waals surface area contributed by atoms with Crippen LogP contribution in [0.4, 0.5) is 11.4 Å². The van der Waals surface area contributed by atoms with Gasteiger partial charge in [0.05, 0.1) is 11.7 Å². The Morgan fingerprint density at radius 1 is 1.33 bits per heavy atom. The van der Waals surface area contributed by atoms with Crippen LogP contribution in [0.1, 0.15) is 22.2 Å². The van der Waals surface area contributed by atoms with Crippen LogP contribution in [0.15, 0.2) is 41.0 Å². The van der Waals surface area contributed by atoms with E-state index in [0.717, 1.165) is 5.56 Å². The summed E-state index contributed by atoms with van der Waals surface area (Å²) in [5.74, 6) is -1.13. The third-order valence-electron chi connectivity index (χ3n) is 3.00. The second kappa shape index (κ2) is 4.10. The maximum absolute atomic E-state index is 11.0. The van der Waals surface area contributed by atoms with Crippen LogP contribution in [-0.2, 0) is 0 Å². The van der Waals surface area contributed by atoms with Crippen molar-refractivity contribution < 1.29 is 14.3 Å².